The van der Waals surface area contributed by atoms with Crippen LogP contribution < -0.4 is 9.64 Å². The Bertz CT molecular complexity index is 976. The van der Waals surface area contributed by atoms with Crippen LogP contribution in [0.4, 0.5) is 9.52 Å². The van der Waals surface area contributed by atoms with Gasteiger partial charge in [-0.15, -0.1) is 11.8 Å². The van der Waals surface area contributed by atoms with Crippen LogP contribution in [0.15, 0.2) is 36.4 Å². The number of carbonyl (C=O) groups excluding carboxylic acids is 1. The van der Waals surface area contributed by atoms with E-state index in [4.69, 9.17) is 4.74 Å². The Labute approximate surface area is 151 Å². The van der Waals surface area contributed by atoms with E-state index >= 15 is 0 Å². The van der Waals surface area contributed by atoms with Gasteiger partial charge in [0, 0.05) is 6.07 Å². The predicted molar refractivity (Wildman–Crippen MR) is 96.9 cm³/mol. The smallest absolute Gasteiger partial charge is 0.240 e. The first kappa shape index (κ1) is 16.2. The fourth-order valence-electron chi connectivity index (χ4n) is 2.73. The molecule has 0 saturated carbocycles. The van der Waals surface area contributed by atoms with Gasteiger partial charge in [0.05, 0.1) is 23.1 Å². The Morgan fingerprint density at radius 1 is 1.32 bits per heavy atom. The number of thioether (sulfide) groups is 1. The molecule has 1 unspecified atom stereocenters. The van der Waals surface area contributed by atoms with Crippen molar-refractivity contribution in [1.29, 1.82) is 0 Å². The summed E-state index contributed by atoms with van der Waals surface area (Å²) in [5.74, 6) is 0.293. The SMILES string of the molecule is COc1ccc(C2SCC(=O)N2c2nc3cc(F)ccc3s2)cc1O. The number of aromatic nitrogens is 1. The van der Waals surface area contributed by atoms with Crippen molar-refractivity contribution in [3.8, 4) is 11.5 Å². The van der Waals surface area contributed by atoms with Gasteiger partial charge in [-0.05, 0) is 29.8 Å². The van der Waals surface area contributed by atoms with E-state index in [-0.39, 0.29) is 22.8 Å². The van der Waals surface area contributed by atoms with Gasteiger partial charge in [0.15, 0.2) is 16.6 Å². The van der Waals surface area contributed by atoms with Crippen molar-refractivity contribution < 1.29 is 19.0 Å². The Morgan fingerprint density at radius 3 is 2.92 bits per heavy atom. The second-order valence-corrected chi connectivity index (χ2v) is 7.54. The van der Waals surface area contributed by atoms with E-state index in [2.05, 4.69) is 4.98 Å². The van der Waals surface area contributed by atoms with Gasteiger partial charge in [0.25, 0.3) is 0 Å². The number of phenolic OH excluding ortho intramolecular Hbond substituents is 1. The normalized spacial score (nSPS) is 17.4. The molecule has 3 aromatic rings. The molecule has 1 atom stereocenters. The quantitative estimate of drug-likeness (QED) is 0.750. The Morgan fingerprint density at radius 2 is 2.16 bits per heavy atom. The average molecular weight is 376 g/mol. The molecule has 1 aliphatic heterocycles. The zero-order valence-electron chi connectivity index (χ0n) is 13.1. The molecule has 0 spiro atoms. The standard InChI is InChI=1S/C17H13FN2O3S2/c1-23-13-4-2-9(6-12(13)21)16-20(15(22)8-24-16)17-19-11-7-10(18)3-5-14(11)25-17/h2-7,16,21H,8H2,1H3. The molecule has 1 fully saturated rings. The number of phenols is 1. The van der Waals surface area contributed by atoms with Crippen LogP contribution in [-0.4, -0.2) is 28.9 Å². The molecule has 1 aliphatic rings. The van der Waals surface area contributed by atoms with Crippen LogP contribution in [0.3, 0.4) is 0 Å². The van der Waals surface area contributed by atoms with Gasteiger partial charge in [0.2, 0.25) is 5.91 Å². The van der Waals surface area contributed by atoms with Crippen molar-refractivity contribution in [3.63, 3.8) is 0 Å². The van der Waals surface area contributed by atoms with E-state index in [0.717, 1.165) is 10.3 Å². The molecular weight excluding hydrogens is 363 g/mol. The van der Waals surface area contributed by atoms with Crippen molar-refractivity contribution in [2.45, 2.75) is 5.37 Å². The number of halogens is 1. The molecule has 2 heterocycles. The summed E-state index contributed by atoms with van der Waals surface area (Å²) < 4.78 is 19.3. The van der Waals surface area contributed by atoms with E-state index in [9.17, 15) is 14.3 Å². The number of ether oxygens (including phenoxy) is 1. The number of rotatable bonds is 3. The van der Waals surface area contributed by atoms with Crippen LogP contribution in [0, 0.1) is 5.82 Å². The summed E-state index contributed by atoms with van der Waals surface area (Å²) in [6, 6.07) is 9.47. The highest BCUT2D eigenvalue weighted by Crippen LogP contribution is 2.45. The lowest BCUT2D eigenvalue weighted by Crippen LogP contribution is -2.27. The number of benzene rings is 2. The number of hydrogen-bond acceptors (Lipinski definition) is 6. The fraction of sp³-hybridized carbons (Fsp3) is 0.176. The molecule has 1 aromatic heterocycles. The molecule has 0 bridgehead atoms. The van der Waals surface area contributed by atoms with E-state index in [1.54, 1.807) is 23.1 Å². The first-order chi connectivity index (χ1) is 12.1. The number of methoxy groups -OCH3 is 1. The van der Waals surface area contributed by atoms with Crippen molar-refractivity contribution in [2.75, 3.05) is 17.8 Å². The number of nitrogens with zero attached hydrogens (tertiary/aromatic N) is 2. The third kappa shape index (κ3) is 2.81. The highest BCUT2D eigenvalue weighted by Gasteiger charge is 2.36. The van der Waals surface area contributed by atoms with E-state index in [1.807, 2.05) is 6.07 Å². The second kappa shape index (κ2) is 6.20. The summed E-state index contributed by atoms with van der Waals surface area (Å²) in [7, 11) is 1.48. The van der Waals surface area contributed by atoms with Crippen molar-refractivity contribution in [2.24, 2.45) is 0 Å². The molecule has 25 heavy (non-hydrogen) atoms. The first-order valence-corrected chi connectivity index (χ1v) is 9.30. The number of thiazole rings is 1. The van der Waals surface area contributed by atoms with Crippen LogP contribution in [0.25, 0.3) is 10.2 Å². The molecule has 4 rings (SSSR count). The van der Waals surface area contributed by atoms with Gasteiger partial charge in [0.1, 0.15) is 11.2 Å². The monoisotopic (exact) mass is 376 g/mol. The number of carbonyl (C=O) groups is 1. The summed E-state index contributed by atoms with van der Waals surface area (Å²) in [6.45, 7) is 0. The van der Waals surface area contributed by atoms with E-state index < -0.39 is 0 Å². The third-order valence-corrected chi connectivity index (χ3v) is 6.15. The summed E-state index contributed by atoms with van der Waals surface area (Å²) in [6.07, 6.45) is 0. The van der Waals surface area contributed by atoms with Gasteiger partial charge in [-0.1, -0.05) is 17.4 Å². The molecule has 1 amide bonds. The minimum Gasteiger partial charge on any atom is -0.504 e. The number of hydrogen-bond donors (Lipinski definition) is 1. The molecule has 2 aromatic carbocycles. The predicted octanol–water partition coefficient (Wildman–Crippen LogP) is 3.93. The molecule has 1 N–H and O–H groups in total. The number of anilines is 1. The number of aromatic hydroxyl groups is 1. The second-order valence-electron chi connectivity index (χ2n) is 5.47. The maximum Gasteiger partial charge on any atom is 0.240 e. The summed E-state index contributed by atoms with van der Waals surface area (Å²) in [5.41, 5.74) is 1.31. The fourth-order valence-corrected chi connectivity index (χ4v) is 4.93. The van der Waals surface area contributed by atoms with E-state index in [1.165, 1.54) is 42.3 Å². The summed E-state index contributed by atoms with van der Waals surface area (Å²) >= 11 is 2.80. The van der Waals surface area contributed by atoms with E-state index in [0.29, 0.717) is 22.2 Å². The van der Waals surface area contributed by atoms with Crippen LogP contribution in [0.2, 0.25) is 0 Å². The van der Waals surface area contributed by atoms with Crippen molar-refractivity contribution >= 4 is 44.4 Å². The summed E-state index contributed by atoms with van der Waals surface area (Å²) in [4.78, 5) is 18.4. The molecule has 1 saturated heterocycles. The van der Waals surface area contributed by atoms with Gasteiger partial charge >= 0.3 is 0 Å². The molecule has 0 radical (unpaired) electrons. The maximum absolute atomic E-state index is 13.4. The molecule has 0 aliphatic carbocycles. The highest BCUT2D eigenvalue weighted by atomic mass is 32.2. The average Bonchev–Trinajstić information content (AvgIpc) is 3.17. The zero-order valence-corrected chi connectivity index (χ0v) is 14.7. The van der Waals surface area contributed by atoms with Gasteiger partial charge in [-0.25, -0.2) is 9.37 Å². The van der Waals surface area contributed by atoms with Gasteiger partial charge in [-0.3, -0.25) is 9.69 Å². The van der Waals surface area contributed by atoms with Gasteiger partial charge < -0.3 is 9.84 Å². The van der Waals surface area contributed by atoms with Crippen LogP contribution in [-0.2, 0) is 4.79 Å². The lowest BCUT2D eigenvalue weighted by molar-refractivity contribution is -0.115. The molecule has 8 heteroatoms. The topological polar surface area (TPSA) is 62.7 Å². The summed E-state index contributed by atoms with van der Waals surface area (Å²) in [5, 5.41) is 10.3. The Balaban J connectivity index is 1.75. The Kier molecular flexibility index (Phi) is 4.01. The lowest BCUT2D eigenvalue weighted by atomic mass is 10.2. The molecular formula is C17H13FN2O3S2. The zero-order chi connectivity index (χ0) is 17.6. The van der Waals surface area contributed by atoms with Crippen LogP contribution >= 0.6 is 23.1 Å². The molecule has 5 nitrogen and oxygen atoms in total. The minimum atomic E-state index is -0.358. The van der Waals surface area contributed by atoms with Crippen LogP contribution in [0.1, 0.15) is 10.9 Å². The Hall–Kier alpha value is -2.32. The largest absolute Gasteiger partial charge is 0.504 e. The number of amides is 1. The van der Waals surface area contributed by atoms with Crippen LogP contribution in [0.5, 0.6) is 11.5 Å². The maximum atomic E-state index is 13.4. The first-order valence-electron chi connectivity index (χ1n) is 7.43. The third-order valence-electron chi connectivity index (χ3n) is 3.90. The lowest BCUT2D eigenvalue weighted by Gasteiger charge is -2.21. The van der Waals surface area contributed by atoms with Crippen molar-refractivity contribution in [3.05, 3.63) is 47.8 Å². The van der Waals surface area contributed by atoms with Gasteiger partial charge in [-0.2, -0.15) is 0 Å². The molecule has 128 valence electrons. The minimum absolute atomic E-state index is 0.0197. The highest BCUT2D eigenvalue weighted by molar-refractivity contribution is 8.00. The van der Waals surface area contributed by atoms with Crippen molar-refractivity contribution in [1.82, 2.24) is 4.98 Å². The number of fused-ring (bicyclic) bond motifs is 1.